The average Bonchev–Trinajstić information content (AvgIpc) is 3.01. The van der Waals surface area contributed by atoms with Gasteiger partial charge in [0.25, 0.3) is 0 Å². The van der Waals surface area contributed by atoms with Crippen molar-refractivity contribution >= 4 is 47.5 Å². The van der Waals surface area contributed by atoms with Gasteiger partial charge in [0.15, 0.2) is 5.96 Å². The first-order valence-corrected chi connectivity index (χ1v) is 8.86. The number of aryl methyl sites for hydroxylation is 1. The average molecular weight is 506 g/mol. The molecule has 2 aromatic rings. The lowest BCUT2D eigenvalue weighted by Gasteiger charge is -2.11. The molecule has 1 aromatic carbocycles. The first-order valence-electron chi connectivity index (χ1n) is 8.48. The zero-order valence-corrected chi connectivity index (χ0v) is 18.8. The molecule has 0 aliphatic heterocycles. The Kier molecular flexibility index (Phi) is 10.2. The molecule has 2 rings (SSSR count). The predicted molar refractivity (Wildman–Crippen MR) is 118 cm³/mol. The number of ether oxygens (including phenoxy) is 1. The largest absolute Gasteiger partial charge is 0.465 e. The van der Waals surface area contributed by atoms with Crippen LogP contribution in [-0.2, 0) is 17.7 Å². The van der Waals surface area contributed by atoms with E-state index >= 15 is 0 Å². The van der Waals surface area contributed by atoms with Crippen LogP contribution in [0, 0.1) is 6.92 Å². The van der Waals surface area contributed by atoms with Gasteiger partial charge >= 0.3 is 5.97 Å². The number of hydrogen-bond donors (Lipinski definition) is 2. The number of aliphatic imine (C=N–C) groups is 1. The number of benzene rings is 1. The van der Waals surface area contributed by atoms with Crippen molar-refractivity contribution in [2.75, 3.05) is 20.2 Å². The molecule has 1 aromatic heterocycles. The first kappa shape index (κ1) is 23.3. The molecular formula is C19H25ClIN3O3. The summed E-state index contributed by atoms with van der Waals surface area (Å²) in [4.78, 5) is 16.1. The molecule has 148 valence electrons. The Morgan fingerprint density at radius 1 is 1.30 bits per heavy atom. The highest BCUT2D eigenvalue weighted by molar-refractivity contribution is 14.0. The van der Waals surface area contributed by atoms with E-state index in [9.17, 15) is 4.79 Å². The fourth-order valence-corrected chi connectivity index (χ4v) is 2.68. The van der Waals surface area contributed by atoms with Gasteiger partial charge in [-0.3, -0.25) is 0 Å². The van der Waals surface area contributed by atoms with E-state index in [4.69, 9.17) is 20.8 Å². The van der Waals surface area contributed by atoms with Crippen molar-refractivity contribution in [3.8, 4) is 0 Å². The highest BCUT2D eigenvalue weighted by Crippen LogP contribution is 2.16. The second-order valence-electron chi connectivity index (χ2n) is 5.64. The molecular weight excluding hydrogens is 481 g/mol. The number of halogens is 2. The number of carbonyl (C=O) groups is 1. The van der Waals surface area contributed by atoms with Crippen molar-refractivity contribution in [1.82, 2.24) is 10.6 Å². The van der Waals surface area contributed by atoms with E-state index in [1.165, 1.54) is 7.11 Å². The summed E-state index contributed by atoms with van der Waals surface area (Å²) in [6.07, 6.45) is 0.788. The molecule has 2 N–H and O–H groups in total. The van der Waals surface area contributed by atoms with E-state index in [0.717, 1.165) is 23.6 Å². The number of esters is 1. The van der Waals surface area contributed by atoms with Crippen LogP contribution in [0.3, 0.4) is 0 Å². The molecule has 0 radical (unpaired) electrons. The smallest absolute Gasteiger partial charge is 0.341 e. The van der Waals surface area contributed by atoms with Crippen molar-refractivity contribution in [3.63, 3.8) is 0 Å². The maximum absolute atomic E-state index is 11.6. The van der Waals surface area contributed by atoms with Crippen LogP contribution < -0.4 is 10.6 Å². The molecule has 0 atom stereocenters. The van der Waals surface area contributed by atoms with Crippen LogP contribution >= 0.6 is 35.6 Å². The number of hydrogen-bond acceptors (Lipinski definition) is 4. The molecule has 1 heterocycles. The number of nitrogens with zero attached hydrogens (tertiary/aromatic N) is 1. The lowest BCUT2D eigenvalue weighted by Crippen LogP contribution is -2.38. The lowest BCUT2D eigenvalue weighted by molar-refractivity contribution is 0.0599. The van der Waals surface area contributed by atoms with Gasteiger partial charge < -0.3 is 19.8 Å². The third-order valence-corrected chi connectivity index (χ3v) is 4.12. The molecule has 27 heavy (non-hydrogen) atoms. The standard InChI is InChI=1S/C19H24ClN3O3.HI/c1-4-21-19(22-10-9-14-7-5-6-8-17(14)20)23-12-15-11-16(13(2)26-15)18(24)25-3;/h5-8,11H,4,9-10,12H2,1-3H3,(H2,21,22,23);1H. The van der Waals surface area contributed by atoms with Gasteiger partial charge in [0, 0.05) is 18.1 Å². The fourth-order valence-electron chi connectivity index (χ4n) is 2.45. The summed E-state index contributed by atoms with van der Waals surface area (Å²) >= 11 is 6.17. The summed E-state index contributed by atoms with van der Waals surface area (Å²) in [7, 11) is 1.35. The maximum atomic E-state index is 11.6. The summed E-state index contributed by atoms with van der Waals surface area (Å²) < 4.78 is 10.3. The summed E-state index contributed by atoms with van der Waals surface area (Å²) in [6.45, 7) is 5.48. The van der Waals surface area contributed by atoms with E-state index in [2.05, 4.69) is 15.6 Å². The van der Waals surface area contributed by atoms with Gasteiger partial charge in [-0.2, -0.15) is 0 Å². The fraction of sp³-hybridized carbons (Fsp3) is 0.368. The number of nitrogens with one attached hydrogen (secondary N) is 2. The first-order chi connectivity index (χ1) is 12.5. The van der Waals surface area contributed by atoms with Gasteiger partial charge in [0.2, 0.25) is 0 Å². The Morgan fingerprint density at radius 3 is 2.70 bits per heavy atom. The van der Waals surface area contributed by atoms with Crippen molar-refractivity contribution in [1.29, 1.82) is 0 Å². The van der Waals surface area contributed by atoms with Crippen LogP contribution in [-0.4, -0.2) is 32.1 Å². The van der Waals surface area contributed by atoms with E-state index < -0.39 is 5.97 Å². The highest BCUT2D eigenvalue weighted by Gasteiger charge is 2.15. The van der Waals surface area contributed by atoms with E-state index in [0.29, 0.717) is 36.1 Å². The minimum atomic E-state index is -0.411. The third kappa shape index (κ3) is 7.06. The van der Waals surface area contributed by atoms with E-state index in [1.54, 1.807) is 13.0 Å². The summed E-state index contributed by atoms with van der Waals surface area (Å²) in [5.41, 5.74) is 1.51. The monoisotopic (exact) mass is 505 g/mol. The lowest BCUT2D eigenvalue weighted by atomic mass is 10.1. The molecule has 0 spiro atoms. The van der Waals surface area contributed by atoms with Crippen molar-refractivity contribution in [3.05, 3.63) is 58.0 Å². The van der Waals surface area contributed by atoms with E-state index in [-0.39, 0.29) is 24.0 Å². The molecule has 0 saturated carbocycles. The third-order valence-electron chi connectivity index (χ3n) is 3.76. The van der Waals surface area contributed by atoms with Crippen LogP contribution in [0.25, 0.3) is 0 Å². The minimum Gasteiger partial charge on any atom is -0.465 e. The van der Waals surface area contributed by atoms with Crippen LogP contribution in [0.1, 0.15) is 34.4 Å². The maximum Gasteiger partial charge on any atom is 0.341 e. The van der Waals surface area contributed by atoms with E-state index in [1.807, 2.05) is 31.2 Å². The second kappa shape index (κ2) is 11.9. The normalized spacial score (nSPS) is 10.9. The molecule has 6 nitrogen and oxygen atoms in total. The second-order valence-corrected chi connectivity index (χ2v) is 6.04. The Bertz CT molecular complexity index is 777. The molecule has 0 bridgehead atoms. The van der Waals surface area contributed by atoms with Crippen LogP contribution in [0.5, 0.6) is 0 Å². The van der Waals surface area contributed by atoms with Gasteiger partial charge in [-0.05, 0) is 38.0 Å². The number of carbonyl (C=O) groups excluding carboxylic acids is 1. The zero-order chi connectivity index (χ0) is 18.9. The Labute approximate surface area is 181 Å². The molecule has 0 unspecified atom stereocenters. The topological polar surface area (TPSA) is 75.9 Å². The van der Waals surface area contributed by atoms with Crippen LogP contribution in [0.2, 0.25) is 5.02 Å². The highest BCUT2D eigenvalue weighted by atomic mass is 127. The number of rotatable bonds is 7. The van der Waals surface area contributed by atoms with Gasteiger partial charge in [0.1, 0.15) is 23.6 Å². The number of methoxy groups -OCH3 is 1. The molecule has 8 heteroatoms. The molecule has 0 saturated heterocycles. The van der Waals surface area contributed by atoms with Crippen LogP contribution in [0.15, 0.2) is 39.7 Å². The van der Waals surface area contributed by atoms with Crippen molar-refractivity contribution in [2.45, 2.75) is 26.8 Å². The molecule has 0 amide bonds. The zero-order valence-electron chi connectivity index (χ0n) is 15.7. The van der Waals surface area contributed by atoms with Crippen LogP contribution in [0.4, 0.5) is 0 Å². The summed E-state index contributed by atoms with van der Waals surface area (Å²) in [6, 6.07) is 9.44. The molecule has 0 aliphatic rings. The molecule has 0 aliphatic carbocycles. The Hall–Kier alpha value is -1.74. The number of guanidine groups is 1. The molecule has 0 fully saturated rings. The Morgan fingerprint density at radius 2 is 2.04 bits per heavy atom. The predicted octanol–water partition coefficient (Wildman–Crippen LogP) is 3.94. The summed E-state index contributed by atoms with van der Waals surface area (Å²) in [5.74, 6) is 1.39. The number of furan rings is 1. The minimum absolute atomic E-state index is 0. The van der Waals surface area contributed by atoms with Gasteiger partial charge in [-0.25, -0.2) is 9.79 Å². The van der Waals surface area contributed by atoms with Gasteiger partial charge in [-0.1, -0.05) is 29.8 Å². The Balaban J connectivity index is 0.00000364. The van der Waals surface area contributed by atoms with Crippen molar-refractivity contribution < 1.29 is 13.9 Å². The van der Waals surface area contributed by atoms with Gasteiger partial charge in [-0.15, -0.1) is 24.0 Å². The summed E-state index contributed by atoms with van der Waals surface area (Å²) in [5, 5.41) is 7.21. The van der Waals surface area contributed by atoms with Gasteiger partial charge in [0.05, 0.1) is 7.11 Å². The SMILES string of the molecule is CCNC(=NCc1cc(C(=O)OC)c(C)o1)NCCc1ccccc1Cl.I. The quantitative estimate of drug-likeness (QED) is 0.258. The van der Waals surface area contributed by atoms with Crippen molar-refractivity contribution in [2.24, 2.45) is 4.99 Å².